The number of carbonyl (C=O) groups is 2. The van der Waals surface area contributed by atoms with E-state index in [-0.39, 0.29) is 17.5 Å². The molecule has 30 heavy (non-hydrogen) atoms. The van der Waals surface area contributed by atoms with E-state index in [9.17, 15) is 9.59 Å². The number of nitrogens with one attached hydrogen (secondary N) is 2. The van der Waals surface area contributed by atoms with Crippen molar-refractivity contribution in [1.82, 2.24) is 15.1 Å². The van der Waals surface area contributed by atoms with Crippen LogP contribution < -0.4 is 21.1 Å². The minimum atomic E-state index is -0.368. The van der Waals surface area contributed by atoms with E-state index >= 15 is 0 Å². The molecule has 3 rings (SSSR count). The Morgan fingerprint density at radius 3 is 2.73 bits per heavy atom. The van der Waals surface area contributed by atoms with Crippen LogP contribution in [0.5, 0.6) is 5.75 Å². The van der Waals surface area contributed by atoms with E-state index in [1.807, 2.05) is 11.4 Å². The van der Waals surface area contributed by atoms with Gasteiger partial charge in [0.2, 0.25) is 0 Å². The Balaban J connectivity index is 1.78. The molecule has 0 radical (unpaired) electrons. The fraction of sp³-hybridized carbons (Fsp3) is 0.250. The summed E-state index contributed by atoms with van der Waals surface area (Å²) >= 11 is 4.99. The number of benzene rings is 1. The molecule has 0 aliphatic heterocycles. The van der Waals surface area contributed by atoms with Crippen LogP contribution in [0.3, 0.4) is 0 Å². The van der Waals surface area contributed by atoms with E-state index in [0.717, 1.165) is 15.0 Å². The van der Waals surface area contributed by atoms with Crippen LogP contribution in [0.25, 0.3) is 10.6 Å². The normalized spacial score (nSPS) is 10.7. The average Bonchev–Trinajstić information content (AvgIpc) is 3.33. The monoisotopic (exact) mass is 491 g/mol. The second-order valence-corrected chi connectivity index (χ2v) is 8.26. The minimum Gasteiger partial charge on any atom is -0.496 e. The summed E-state index contributed by atoms with van der Waals surface area (Å²) in [4.78, 5) is 26.2. The molecule has 10 heteroatoms. The number of rotatable bonds is 8. The predicted molar refractivity (Wildman–Crippen MR) is 121 cm³/mol. The summed E-state index contributed by atoms with van der Waals surface area (Å²) < 4.78 is 7.91. The Morgan fingerprint density at radius 1 is 1.27 bits per heavy atom. The molecule has 0 aliphatic rings. The maximum absolute atomic E-state index is 12.7. The van der Waals surface area contributed by atoms with Gasteiger partial charge in [0.25, 0.3) is 11.8 Å². The van der Waals surface area contributed by atoms with Gasteiger partial charge in [0, 0.05) is 29.1 Å². The third-order valence-corrected chi connectivity index (χ3v) is 6.01. The molecule has 0 saturated heterocycles. The van der Waals surface area contributed by atoms with E-state index in [2.05, 4.69) is 31.7 Å². The molecule has 0 unspecified atom stereocenters. The molecular weight excluding hydrogens is 470 g/mol. The van der Waals surface area contributed by atoms with Crippen molar-refractivity contribution in [3.63, 3.8) is 0 Å². The molecule has 0 bridgehead atoms. The highest BCUT2D eigenvalue weighted by molar-refractivity contribution is 9.10. The van der Waals surface area contributed by atoms with Crippen LogP contribution in [-0.4, -0.2) is 41.8 Å². The zero-order valence-electron chi connectivity index (χ0n) is 16.6. The molecule has 2 aromatic heterocycles. The number of hydrogen-bond donors (Lipinski definition) is 3. The van der Waals surface area contributed by atoms with Crippen molar-refractivity contribution < 1.29 is 14.3 Å². The molecule has 158 valence electrons. The van der Waals surface area contributed by atoms with Crippen molar-refractivity contribution in [2.45, 2.75) is 6.42 Å². The first-order chi connectivity index (χ1) is 14.4. The Morgan fingerprint density at radius 2 is 2.07 bits per heavy atom. The van der Waals surface area contributed by atoms with Gasteiger partial charge in [-0.25, -0.2) is 0 Å². The molecule has 0 saturated carbocycles. The zero-order valence-corrected chi connectivity index (χ0v) is 19.0. The summed E-state index contributed by atoms with van der Waals surface area (Å²) in [5.41, 5.74) is 7.38. The van der Waals surface area contributed by atoms with Gasteiger partial charge in [0.1, 0.15) is 5.75 Å². The first-order valence-corrected chi connectivity index (χ1v) is 10.9. The lowest BCUT2D eigenvalue weighted by molar-refractivity contribution is 0.0949. The second-order valence-electron chi connectivity index (χ2n) is 6.43. The van der Waals surface area contributed by atoms with Gasteiger partial charge in [-0.05, 0) is 59.2 Å². The van der Waals surface area contributed by atoms with E-state index in [1.165, 1.54) is 7.11 Å². The summed E-state index contributed by atoms with van der Waals surface area (Å²) in [5, 5.41) is 11.9. The largest absolute Gasteiger partial charge is 0.496 e. The highest BCUT2D eigenvalue weighted by Gasteiger charge is 2.17. The molecule has 3 aromatic rings. The van der Waals surface area contributed by atoms with Crippen molar-refractivity contribution in [2.75, 3.05) is 25.5 Å². The van der Waals surface area contributed by atoms with Gasteiger partial charge in [-0.1, -0.05) is 0 Å². The third-order valence-electron chi connectivity index (χ3n) is 4.30. The number of ether oxygens (including phenoxy) is 1. The molecule has 0 aliphatic carbocycles. The number of amides is 2. The molecule has 0 atom stereocenters. The Kier molecular flexibility index (Phi) is 7.24. The van der Waals surface area contributed by atoms with Gasteiger partial charge in [-0.2, -0.15) is 5.10 Å². The second kappa shape index (κ2) is 9.88. The summed E-state index contributed by atoms with van der Waals surface area (Å²) in [7, 11) is 3.28. The Hall–Kier alpha value is -2.69. The maximum Gasteiger partial charge on any atom is 0.276 e. The topological polar surface area (TPSA) is 111 Å². The van der Waals surface area contributed by atoms with Crippen LogP contribution >= 0.6 is 27.3 Å². The van der Waals surface area contributed by atoms with Gasteiger partial charge in [0.05, 0.1) is 23.2 Å². The zero-order chi connectivity index (χ0) is 21.7. The standard InChI is InChI=1S/C20H22BrN5O3S/c1-26-16(18-8-12(21)11-30-18)10-15(25-26)20(28)24-13-4-5-17(29-2)14(9-13)19(27)23-7-3-6-22/h4-5,8-11H,3,6-7,22H2,1-2H3,(H,23,27)(H,24,28). The highest BCUT2D eigenvalue weighted by Crippen LogP contribution is 2.30. The van der Waals surface area contributed by atoms with E-state index in [0.29, 0.717) is 36.5 Å². The number of anilines is 1. The van der Waals surface area contributed by atoms with Crippen LogP contribution in [0.4, 0.5) is 5.69 Å². The van der Waals surface area contributed by atoms with Crippen LogP contribution in [0.1, 0.15) is 27.3 Å². The lowest BCUT2D eigenvalue weighted by Gasteiger charge is -2.11. The number of halogens is 1. The number of nitrogens with zero attached hydrogens (tertiary/aromatic N) is 2. The van der Waals surface area contributed by atoms with Crippen molar-refractivity contribution in [3.8, 4) is 16.3 Å². The fourth-order valence-electron chi connectivity index (χ4n) is 2.81. The lowest BCUT2D eigenvalue weighted by atomic mass is 10.1. The first kappa shape index (κ1) is 22.0. The third kappa shape index (κ3) is 5.07. The number of carbonyl (C=O) groups excluding carboxylic acids is 2. The molecule has 2 heterocycles. The number of aromatic nitrogens is 2. The van der Waals surface area contributed by atoms with Crippen molar-refractivity contribution in [2.24, 2.45) is 12.8 Å². The number of hydrogen-bond acceptors (Lipinski definition) is 6. The van der Waals surface area contributed by atoms with Crippen molar-refractivity contribution in [3.05, 3.63) is 51.4 Å². The molecule has 0 fully saturated rings. The predicted octanol–water partition coefficient (Wildman–Crippen LogP) is 3.25. The SMILES string of the molecule is COc1ccc(NC(=O)c2cc(-c3cc(Br)cs3)n(C)n2)cc1C(=O)NCCCN. The average molecular weight is 492 g/mol. The number of thiophene rings is 1. The summed E-state index contributed by atoms with van der Waals surface area (Å²) in [6, 6.07) is 8.60. The lowest BCUT2D eigenvalue weighted by Crippen LogP contribution is -2.26. The first-order valence-electron chi connectivity index (χ1n) is 9.19. The van der Waals surface area contributed by atoms with Crippen LogP contribution in [0, 0.1) is 0 Å². The maximum atomic E-state index is 12.7. The smallest absolute Gasteiger partial charge is 0.276 e. The van der Waals surface area contributed by atoms with Gasteiger partial charge >= 0.3 is 0 Å². The van der Waals surface area contributed by atoms with E-state index < -0.39 is 0 Å². The van der Waals surface area contributed by atoms with Crippen molar-refractivity contribution in [1.29, 1.82) is 0 Å². The molecule has 8 nitrogen and oxygen atoms in total. The Bertz CT molecular complexity index is 1060. The van der Waals surface area contributed by atoms with Crippen molar-refractivity contribution >= 4 is 44.8 Å². The number of aryl methyl sites for hydroxylation is 1. The molecule has 2 amide bonds. The molecule has 0 spiro atoms. The van der Waals surface area contributed by atoms with Gasteiger partial charge in [-0.15, -0.1) is 11.3 Å². The van der Waals surface area contributed by atoms with Crippen LogP contribution in [-0.2, 0) is 7.05 Å². The van der Waals surface area contributed by atoms with E-state index in [4.69, 9.17) is 10.5 Å². The number of methoxy groups -OCH3 is 1. The fourth-order valence-corrected chi connectivity index (χ4v) is 4.29. The summed E-state index contributed by atoms with van der Waals surface area (Å²) in [6.07, 6.45) is 0.674. The highest BCUT2D eigenvalue weighted by atomic mass is 79.9. The van der Waals surface area contributed by atoms with Crippen LogP contribution in [0.15, 0.2) is 40.2 Å². The van der Waals surface area contributed by atoms with E-state index in [1.54, 1.807) is 47.3 Å². The van der Waals surface area contributed by atoms with Crippen LogP contribution in [0.2, 0.25) is 0 Å². The van der Waals surface area contributed by atoms with Gasteiger partial charge in [0.15, 0.2) is 5.69 Å². The van der Waals surface area contributed by atoms with Gasteiger partial charge < -0.3 is 21.1 Å². The molecule has 4 N–H and O–H groups in total. The Labute approximate surface area is 186 Å². The summed E-state index contributed by atoms with van der Waals surface area (Å²) in [6.45, 7) is 0.951. The van der Waals surface area contributed by atoms with Gasteiger partial charge in [-0.3, -0.25) is 14.3 Å². The summed E-state index contributed by atoms with van der Waals surface area (Å²) in [5.74, 6) is -0.242. The molecular formula is C20H22BrN5O3S. The quantitative estimate of drug-likeness (QED) is 0.418. The minimum absolute atomic E-state index is 0.279. The molecule has 1 aromatic carbocycles. The number of nitrogens with two attached hydrogens (primary N) is 1.